The smallest absolute Gasteiger partial charge is 0.128 e. The third-order valence-electron chi connectivity index (χ3n) is 9.99. The summed E-state index contributed by atoms with van der Waals surface area (Å²) in [6.45, 7) is 9.01. The van der Waals surface area contributed by atoms with E-state index in [-0.39, 0.29) is 0 Å². The molecule has 4 aliphatic rings. The molecular formula is C38H30O2. The molecular weight excluding hydrogens is 488 g/mol. The Morgan fingerprint density at radius 2 is 0.825 bits per heavy atom. The molecule has 4 atom stereocenters. The fourth-order valence-electron chi connectivity index (χ4n) is 8.59. The Balaban J connectivity index is 1.32. The maximum Gasteiger partial charge on any atom is 0.128 e. The van der Waals surface area contributed by atoms with Crippen LogP contribution in [0.3, 0.4) is 0 Å². The van der Waals surface area contributed by atoms with E-state index in [4.69, 9.17) is 9.47 Å². The molecule has 2 nitrogen and oxygen atoms in total. The first-order chi connectivity index (χ1) is 19.8. The number of rotatable bonds is 6. The molecule has 0 spiro atoms. The van der Waals surface area contributed by atoms with Gasteiger partial charge in [0.25, 0.3) is 0 Å². The van der Waals surface area contributed by atoms with Crippen molar-refractivity contribution in [3.05, 3.63) is 143 Å². The number of benzene rings is 5. The predicted molar refractivity (Wildman–Crippen MR) is 162 cm³/mol. The number of ether oxygens (including phenoxy) is 2. The topological polar surface area (TPSA) is 18.5 Å². The van der Waals surface area contributed by atoms with Crippen LogP contribution < -0.4 is 9.47 Å². The largest absolute Gasteiger partial charge is 0.489 e. The second-order valence-electron chi connectivity index (χ2n) is 11.9. The summed E-state index contributed by atoms with van der Waals surface area (Å²) >= 11 is 0. The Morgan fingerprint density at radius 1 is 0.525 bits per heavy atom. The van der Waals surface area contributed by atoms with Crippen LogP contribution in [0, 0.1) is 0 Å². The van der Waals surface area contributed by atoms with Crippen LogP contribution in [0.5, 0.6) is 11.5 Å². The quantitative estimate of drug-likeness (QED) is 0.209. The Bertz CT molecular complexity index is 1670. The summed E-state index contributed by atoms with van der Waals surface area (Å²) in [5, 5.41) is 5.25. The molecule has 0 N–H and O–H groups in total. The van der Waals surface area contributed by atoms with Crippen molar-refractivity contribution in [2.45, 2.75) is 36.5 Å². The van der Waals surface area contributed by atoms with Gasteiger partial charge in [0.1, 0.15) is 24.7 Å². The molecule has 4 aliphatic carbocycles. The van der Waals surface area contributed by atoms with E-state index in [2.05, 4.69) is 86.0 Å². The van der Waals surface area contributed by atoms with Crippen LogP contribution in [0.1, 0.15) is 81.0 Å². The summed E-state index contributed by atoms with van der Waals surface area (Å²) in [4.78, 5) is 0. The molecule has 0 saturated carbocycles. The molecule has 194 valence electrons. The molecule has 0 radical (unpaired) electrons. The Kier molecular flexibility index (Phi) is 4.56. The predicted octanol–water partition coefficient (Wildman–Crippen LogP) is 9.08. The zero-order valence-electron chi connectivity index (χ0n) is 22.5. The summed E-state index contributed by atoms with van der Waals surface area (Å²) in [6.07, 6.45) is 5.93. The monoisotopic (exact) mass is 518 g/mol. The maximum absolute atomic E-state index is 6.72. The lowest BCUT2D eigenvalue weighted by molar-refractivity contribution is 0.341. The number of hydrogen-bond acceptors (Lipinski definition) is 2. The highest BCUT2D eigenvalue weighted by Crippen LogP contribution is 2.69. The van der Waals surface area contributed by atoms with Crippen molar-refractivity contribution in [3.8, 4) is 11.5 Å². The van der Waals surface area contributed by atoms with Crippen molar-refractivity contribution in [1.29, 1.82) is 0 Å². The molecule has 9 rings (SSSR count). The lowest BCUT2D eigenvalue weighted by atomic mass is 9.76. The van der Waals surface area contributed by atoms with Crippen molar-refractivity contribution >= 4 is 21.5 Å². The van der Waals surface area contributed by atoms with Gasteiger partial charge in [0.2, 0.25) is 0 Å². The molecule has 5 aromatic carbocycles. The highest BCUT2D eigenvalue weighted by atomic mass is 16.5. The Hall–Kier alpha value is -4.30. The molecule has 40 heavy (non-hydrogen) atoms. The van der Waals surface area contributed by atoms with Gasteiger partial charge in [-0.15, -0.1) is 0 Å². The first kappa shape index (κ1) is 22.5. The maximum atomic E-state index is 6.72. The minimum Gasteiger partial charge on any atom is -0.489 e. The lowest BCUT2D eigenvalue weighted by Crippen LogP contribution is -2.16. The number of hydrogen-bond donors (Lipinski definition) is 0. The second kappa shape index (κ2) is 8.11. The minimum atomic E-state index is 0.325. The van der Waals surface area contributed by atoms with Crippen LogP contribution in [0.2, 0.25) is 0 Å². The standard InChI is InChI=1S/C38H30O2/c1-3-13-39-37-33-29-19-31(27-17-23-11-7-5-9-21(23)15-25(27)29)35(33)38(40-14-4-2)36-32-20-30(34(36)37)26-16-22-10-6-8-12-24(22)18-28(26)32/h3-12,15-18,29-32H,1-2,13-14,19-20H2/t29-,30+,31+,32-. The highest BCUT2D eigenvalue weighted by molar-refractivity contribution is 5.89. The van der Waals surface area contributed by atoms with Gasteiger partial charge in [-0.1, -0.05) is 98.1 Å². The van der Waals surface area contributed by atoms with Crippen molar-refractivity contribution in [1.82, 2.24) is 0 Å². The van der Waals surface area contributed by atoms with Crippen LogP contribution in [0.25, 0.3) is 21.5 Å². The summed E-state index contributed by atoms with van der Waals surface area (Å²) < 4.78 is 13.4. The van der Waals surface area contributed by atoms with Crippen LogP contribution in [0.4, 0.5) is 0 Å². The van der Waals surface area contributed by atoms with Crippen LogP contribution in [-0.4, -0.2) is 13.2 Å². The van der Waals surface area contributed by atoms with Gasteiger partial charge in [-0.2, -0.15) is 0 Å². The molecule has 0 unspecified atom stereocenters. The zero-order valence-corrected chi connectivity index (χ0v) is 22.5. The van der Waals surface area contributed by atoms with Gasteiger partial charge in [0, 0.05) is 45.9 Å². The van der Waals surface area contributed by atoms with E-state index in [1.54, 1.807) is 0 Å². The molecule has 0 fully saturated rings. The van der Waals surface area contributed by atoms with Crippen molar-refractivity contribution in [2.24, 2.45) is 0 Å². The molecule has 5 aromatic rings. The molecule has 2 heteroatoms. The average molecular weight is 519 g/mol. The van der Waals surface area contributed by atoms with Gasteiger partial charge in [-0.3, -0.25) is 0 Å². The van der Waals surface area contributed by atoms with Crippen LogP contribution in [-0.2, 0) is 0 Å². The number of fused-ring (bicyclic) bond motifs is 18. The first-order valence-electron chi connectivity index (χ1n) is 14.5. The van der Waals surface area contributed by atoms with Crippen LogP contribution in [0.15, 0.2) is 98.1 Å². The average Bonchev–Trinajstić information content (AvgIpc) is 3.75. The minimum absolute atomic E-state index is 0.325. The van der Waals surface area contributed by atoms with E-state index in [9.17, 15) is 0 Å². The Labute approximate surface area is 234 Å². The summed E-state index contributed by atoms with van der Waals surface area (Å²) in [5.41, 5.74) is 11.3. The SMILES string of the molecule is C=CCOc1c2c(c(OCC=C)c3c1[C@H]1C[C@@H]3c3cc4ccccc4cc31)[C@H]1C[C@@H]2c2cc3ccccc3cc21. The van der Waals surface area contributed by atoms with E-state index in [1.807, 2.05) is 12.2 Å². The van der Waals surface area contributed by atoms with E-state index >= 15 is 0 Å². The fourth-order valence-corrected chi connectivity index (χ4v) is 8.59. The lowest BCUT2D eigenvalue weighted by Gasteiger charge is -2.32. The second-order valence-corrected chi connectivity index (χ2v) is 11.9. The molecule has 0 aliphatic heterocycles. The Morgan fingerprint density at radius 3 is 1.10 bits per heavy atom. The van der Waals surface area contributed by atoms with E-state index in [0.29, 0.717) is 36.9 Å². The van der Waals surface area contributed by atoms with Gasteiger partial charge in [0.15, 0.2) is 0 Å². The summed E-state index contributed by atoms with van der Waals surface area (Å²) in [5.74, 6) is 3.51. The third-order valence-corrected chi connectivity index (χ3v) is 9.99. The molecule has 0 heterocycles. The zero-order chi connectivity index (χ0) is 26.5. The molecule has 0 aromatic heterocycles. The van der Waals surface area contributed by atoms with Crippen LogP contribution >= 0.6 is 0 Å². The van der Waals surface area contributed by atoms with Crippen molar-refractivity contribution < 1.29 is 9.47 Å². The van der Waals surface area contributed by atoms with E-state index < -0.39 is 0 Å². The van der Waals surface area contributed by atoms with E-state index in [1.165, 1.54) is 66.1 Å². The van der Waals surface area contributed by atoms with E-state index in [0.717, 1.165) is 24.3 Å². The van der Waals surface area contributed by atoms with Crippen molar-refractivity contribution in [3.63, 3.8) is 0 Å². The van der Waals surface area contributed by atoms with Gasteiger partial charge < -0.3 is 9.47 Å². The fraction of sp³-hybridized carbons (Fsp3) is 0.211. The highest BCUT2D eigenvalue weighted by Gasteiger charge is 2.53. The normalized spacial score (nSPS) is 22.2. The van der Waals surface area contributed by atoms with Gasteiger partial charge in [-0.25, -0.2) is 0 Å². The first-order valence-corrected chi connectivity index (χ1v) is 14.5. The third kappa shape index (κ3) is 2.79. The van der Waals surface area contributed by atoms with Gasteiger partial charge in [0.05, 0.1) is 0 Å². The van der Waals surface area contributed by atoms with Gasteiger partial charge >= 0.3 is 0 Å². The van der Waals surface area contributed by atoms with Gasteiger partial charge in [-0.05, 0) is 56.6 Å². The molecule has 0 amide bonds. The summed E-state index contributed by atoms with van der Waals surface area (Å²) in [6, 6.07) is 27.2. The van der Waals surface area contributed by atoms with Crippen molar-refractivity contribution in [2.75, 3.05) is 13.2 Å². The summed E-state index contributed by atoms with van der Waals surface area (Å²) in [7, 11) is 0. The molecule has 0 saturated heterocycles. The molecule has 4 bridgehead atoms.